The van der Waals surface area contributed by atoms with Crippen molar-refractivity contribution in [2.24, 2.45) is 10.8 Å². The second-order valence-electron chi connectivity index (χ2n) is 14.4. The molecule has 3 rings (SSSR count). The number of aliphatic hydroxyl groups is 4. The first-order valence-electron chi connectivity index (χ1n) is 18.5. The molecule has 1 aliphatic heterocycles. The quantitative estimate of drug-likeness (QED) is 0.183. The molecule has 0 saturated carbocycles. The molecule has 0 spiro atoms. The molecule has 13 nitrogen and oxygen atoms in total. The number of hydrogen-bond acceptors (Lipinski definition) is 13. The Bertz CT molecular complexity index is 1790. The highest BCUT2D eigenvalue weighted by molar-refractivity contribution is 5.87. The highest BCUT2D eigenvalue weighted by atomic mass is 16.6. The van der Waals surface area contributed by atoms with E-state index in [9.17, 15) is 30.0 Å². The lowest BCUT2D eigenvalue weighted by Gasteiger charge is -2.36. The average molecular weight is 777 g/mol. The lowest BCUT2D eigenvalue weighted by atomic mass is 9.79. The van der Waals surface area contributed by atoms with E-state index in [1.165, 1.54) is 50.0 Å². The molecule has 0 fully saturated rings. The number of cyclic esters (lactones) is 2. The highest BCUT2D eigenvalue weighted by Gasteiger charge is 2.39. The van der Waals surface area contributed by atoms with Crippen LogP contribution in [0.5, 0.6) is 0 Å². The molecule has 4 bridgehead atoms. The van der Waals surface area contributed by atoms with Crippen LogP contribution in [0.15, 0.2) is 113 Å². The molecular weight excluding hydrogens is 720 g/mol. The van der Waals surface area contributed by atoms with Crippen LogP contribution in [0.3, 0.4) is 0 Å². The third-order valence-corrected chi connectivity index (χ3v) is 9.44. The number of nitrogens with zero attached hydrogens (tertiary/aromatic N) is 2. The fourth-order valence-corrected chi connectivity index (χ4v) is 5.47. The molecule has 7 unspecified atom stereocenters. The zero-order valence-corrected chi connectivity index (χ0v) is 33.1. The van der Waals surface area contributed by atoms with Gasteiger partial charge in [0, 0.05) is 36.9 Å². The number of carbonyl (C=O) groups excluding carboxylic acids is 2. The number of carbonyl (C=O) groups is 2. The number of aromatic nitrogens is 2. The summed E-state index contributed by atoms with van der Waals surface area (Å²) in [6.07, 6.45) is 22.5. The van der Waals surface area contributed by atoms with E-state index in [1.807, 2.05) is 6.08 Å². The summed E-state index contributed by atoms with van der Waals surface area (Å²) in [6.45, 7) is 10.7. The Morgan fingerprint density at radius 3 is 1.88 bits per heavy atom. The summed E-state index contributed by atoms with van der Waals surface area (Å²) in [7, 11) is 1.53. The van der Waals surface area contributed by atoms with Crippen molar-refractivity contribution in [3.8, 4) is 0 Å². The van der Waals surface area contributed by atoms with Gasteiger partial charge in [0.2, 0.25) is 5.89 Å². The summed E-state index contributed by atoms with van der Waals surface area (Å²) in [4.78, 5) is 35.0. The third kappa shape index (κ3) is 13.4. The summed E-state index contributed by atoms with van der Waals surface area (Å²) in [5, 5.41) is 42.9. The maximum absolute atomic E-state index is 13.3. The van der Waals surface area contributed by atoms with Crippen molar-refractivity contribution < 1.29 is 53.1 Å². The van der Waals surface area contributed by atoms with Crippen LogP contribution in [-0.4, -0.2) is 92.2 Å². The largest absolute Gasteiger partial charge is 0.457 e. The molecule has 7 atom stereocenters. The average Bonchev–Trinajstić information content (AvgIpc) is 3.84. The molecule has 0 saturated heterocycles. The second-order valence-corrected chi connectivity index (χ2v) is 14.4. The highest BCUT2D eigenvalue weighted by Crippen LogP contribution is 2.33. The zero-order chi connectivity index (χ0) is 41.3. The number of methoxy groups -OCH3 is 1. The van der Waals surface area contributed by atoms with E-state index < -0.39 is 65.5 Å². The summed E-state index contributed by atoms with van der Waals surface area (Å²) < 4.78 is 28.3. The van der Waals surface area contributed by atoms with E-state index in [-0.39, 0.29) is 42.4 Å². The second kappa shape index (κ2) is 22.0. The lowest BCUT2D eigenvalue weighted by Crippen LogP contribution is -2.42. The predicted octanol–water partition coefficient (Wildman–Crippen LogP) is 6.21. The SMILES string of the molecule is C/C=C/C(O)C(C)(C)C1C/C=C/C=C\C=C\C(OC)Cc2nc(co2)C(=O)OC(C(C)(C)C(O)/C=C/C)C/C=C\C(O)C(O)/C=C/C=C\c2nc(co2)C(=O)O1. The summed E-state index contributed by atoms with van der Waals surface area (Å²) >= 11 is 0. The Hall–Kier alpha value is -4.92. The Labute approximate surface area is 328 Å². The van der Waals surface area contributed by atoms with Gasteiger partial charge in [0.1, 0.15) is 36.9 Å². The van der Waals surface area contributed by atoms with Gasteiger partial charge in [-0.15, -0.1) is 0 Å². The van der Waals surface area contributed by atoms with Crippen molar-refractivity contribution in [1.82, 2.24) is 9.97 Å². The minimum atomic E-state index is -1.32. The molecule has 304 valence electrons. The molecule has 0 radical (unpaired) electrons. The van der Waals surface area contributed by atoms with Crippen molar-refractivity contribution in [3.63, 3.8) is 0 Å². The maximum Gasteiger partial charge on any atom is 0.360 e. The van der Waals surface area contributed by atoms with E-state index in [2.05, 4.69) is 9.97 Å². The topological polar surface area (TPSA) is 195 Å². The van der Waals surface area contributed by atoms with Crippen LogP contribution in [0, 0.1) is 10.8 Å². The minimum Gasteiger partial charge on any atom is -0.457 e. The van der Waals surface area contributed by atoms with Gasteiger partial charge in [-0.05, 0) is 13.8 Å². The predicted molar refractivity (Wildman–Crippen MR) is 211 cm³/mol. The van der Waals surface area contributed by atoms with Crippen molar-refractivity contribution in [2.45, 2.75) is 104 Å². The zero-order valence-electron chi connectivity index (χ0n) is 33.1. The summed E-state index contributed by atoms with van der Waals surface area (Å²) in [5.41, 5.74) is -1.97. The first-order chi connectivity index (χ1) is 26.6. The van der Waals surface area contributed by atoms with Crippen molar-refractivity contribution in [1.29, 1.82) is 0 Å². The molecule has 56 heavy (non-hydrogen) atoms. The Kier molecular flexibility index (Phi) is 17.8. The third-order valence-electron chi connectivity index (χ3n) is 9.44. The molecule has 0 amide bonds. The van der Waals surface area contributed by atoms with Crippen LogP contribution in [0.25, 0.3) is 6.08 Å². The number of esters is 2. The number of rotatable bonds is 7. The Morgan fingerprint density at radius 1 is 0.732 bits per heavy atom. The molecule has 2 aromatic heterocycles. The molecule has 1 aliphatic rings. The Morgan fingerprint density at radius 2 is 1.27 bits per heavy atom. The lowest BCUT2D eigenvalue weighted by molar-refractivity contribution is -0.0462. The molecule has 4 N–H and O–H groups in total. The molecule has 3 heterocycles. The molecule has 0 aliphatic carbocycles. The van der Waals surface area contributed by atoms with Gasteiger partial charge >= 0.3 is 11.9 Å². The molecule has 0 aromatic carbocycles. The summed E-state index contributed by atoms with van der Waals surface area (Å²) in [6, 6.07) is 0. The van der Waals surface area contributed by atoms with Crippen LogP contribution < -0.4 is 0 Å². The number of ether oxygens (including phenoxy) is 3. The fraction of sp³-hybridized carbons (Fsp3) is 0.442. The van der Waals surface area contributed by atoms with E-state index in [0.29, 0.717) is 0 Å². The van der Waals surface area contributed by atoms with E-state index in [4.69, 9.17) is 23.0 Å². The normalized spacial score (nSPS) is 27.4. The van der Waals surface area contributed by atoms with Gasteiger partial charge in [-0.25, -0.2) is 19.6 Å². The standard InChI is InChI=1S/C43H56N2O11/c1-8-18-34(48)42(3,4)36-23-14-12-10-11-13-20-29(52-7)26-39-45-31(28-54-39)41(51)56-37(43(5,6)35(49)19-9-2)24-17-22-33(47)32(46)21-15-16-25-38-44-30(27-53-38)40(50)55-36/h8-22,25,27-29,32-37,46-49H,23-24,26H2,1-7H3/b11-10-,14-12+,18-8+,19-9+,20-13+,21-15+,22-17-,25-16-. The van der Waals surface area contributed by atoms with Crippen molar-refractivity contribution in [3.05, 3.63) is 127 Å². The van der Waals surface area contributed by atoms with Crippen molar-refractivity contribution >= 4 is 18.0 Å². The number of aliphatic hydroxyl groups excluding tert-OH is 4. The van der Waals surface area contributed by atoms with E-state index in [1.54, 1.807) is 102 Å². The van der Waals surface area contributed by atoms with Gasteiger partial charge in [0.25, 0.3) is 0 Å². The van der Waals surface area contributed by atoms with Crippen LogP contribution in [-0.2, 0) is 20.6 Å². The number of hydrogen-bond donors (Lipinski definition) is 4. The fourth-order valence-electron chi connectivity index (χ4n) is 5.47. The Balaban J connectivity index is 1.93. The van der Waals surface area contributed by atoms with Gasteiger partial charge in [-0.3, -0.25) is 0 Å². The van der Waals surface area contributed by atoms with Crippen LogP contribution in [0.4, 0.5) is 0 Å². The van der Waals surface area contributed by atoms with Gasteiger partial charge < -0.3 is 43.5 Å². The van der Waals surface area contributed by atoms with Gasteiger partial charge in [-0.1, -0.05) is 119 Å². The van der Waals surface area contributed by atoms with Crippen molar-refractivity contribution in [2.75, 3.05) is 7.11 Å². The van der Waals surface area contributed by atoms with Gasteiger partial charge in [0.05, 0.1) is 24.7 Å². The van der Waals surface area contributed by atoms with E-state index >= 15 is 0 Å². The first-order valence-corrected chi connectivity index (χ1v) is 18.5. The molecular formula is C43H56N2O11. The first kappa shape index (κ1) is 45.5. The van der Waals surface area contributed by atoms with Crippen LogP contribution >= 0.6 is 0 Å². The summed E-state index contributed by atoms with van der Waals surface area (Å²) in [5.74, 6) is -1.15. The van der Waals surface area contributed by atoms with Gasteiger partial charge in [0.15, 0.2) is 17.3 Å². The monoisotopic (exact) mass is 776 g/mol. The maximum atomic E-state index is 13.3. The molecule has 2 aromatic rings. The molecule has 13 heteroatoms. The number of fused-ring (bicyclic) bond motifs is 4. The smallest absolute Gasteiger partial charge is 0.360 e. The van der Waals surface area contributed by atoms with Crippen LogP contribution in [0.1, 0.15) is 87.1 Å². The van der Waals surface area contributed by atoms with Crippen LogP contribution in [0.2, 0.25) is 0 Å². The minimum absolute atomic E-state index is 0.0613. The number of oxazole rings is 2. The number of allylic oxidation sites excluding steroid dienone is 8. The van der Waals surface area contributed by atoms with E-state index in [0.717, 1.165) is 0 Å². The van der Waals surface area contributed by atoms with Gasteiger partial charge in [-0.2, -0.15) is 0 Å².